The fourth-order valence-corrected chi connectivity index (χ4v) is 2.54. The molecular weight excluding hydrogens is 381 g/mol. The Morgan fingerprint density at radius 3 is 2.82 bits per heavy atom. The third kappa shape index (κ3) is 3.98. The first-order valence-electron chi connectivity index (χ1n) is 8.01. The summed E-state index contributed by atoms with van der Waals surface area (Å²) in [5.41, 5.74) is 0.0164. The number of nitrogens with zero attached hydrogens (tertiary/aromatic N) is 3. The van der Waals surface area contributed by atoms with Crippen molar-refractivity contribution in [1.29, 1.82) is 0 Å². The summed E-state index contributed by atoms with van der Waals surface area (Å²) in [5.74, 6) is -1.99. The van der Waals surface area contributed by atoms with Crippen LogP contribution in [0.5, 0.6) is 5.75 Å². The maximum absolute atomic E-state index is 13.7. The van der Waals surface area contributed by atoms with E-state index in [4.69, 9.17) is 10.2 Å². The number of aliphatic hydroxyl groups excluding tert-OH is 1. The summed E-state index contributed by atoms with van der Waals surface area (Å²) in [6, 6.07) is 3.74. The van der Waals surface area contributed by atoms with E-state index in [1.807, 2.05) is 0 Å². The second kappa shape index (κ2) is 7.35. The SMILES string of the molecule is C[C@@H](Nc1ccn2ncc(C(=O)O)c2n1)c1cc(F)ccc1OC(F)(F)CO. The molecule has 8 nitrogen and oxygen atoms in total. The molecule has 0 saturated heterocycles. The molecule has 0 bridgehead atoms. The smallest absolute Gasteiger partial charge is 0.421 e. The van der Waals surface area contributed by atoms with Gasteiger partial charge in [-0.3, -0.25) is 0 Å². The van der Waals surface area contributed by atoms with Gasteiger partial charge < -0.3 is 20.3 Å². The molecule has 2 aromatic heterocycles. The Morgan fingerprint density at radius 1 is 1.39 bits per heavy atom. The molecule has 2 heterocycles. The second-order valence-corrected chi connectivity index (χ2v) is 5.89. The molecule has 148 valence electrons. The topological polar surface area (TPSA) is 109 Å². The summed E-state index contributed by atoms with van der Waals surface area (Å²) in [6.45, 7) is 0.0160. The third-order valence-electron chi connectivity index (χ3n) is 3.85. The number of fused-ring (bicyclic) bond motifs is 1. The molecule has 0 amide bonds. The lowest BCUT2D eigenvalue weighted by atomic mass is 10.1. The van der Waals surface area contributed by atoms with Crippen molar-refractivity contribution in [3.8, 4) is 5.75 Å². The summed E-state index contributed by atoms with van der Waals surface area (Å²) >= 11 is 0. The molecule has 3 rings (SSSR count). The zero-order valence-corrected chi connectivity index (χ0v) is 14.4. The van der Waals surface area contributed by atoms with Gasteiger partial charge in [-0.05, 0) is 31.2 Å². The highest BCUT2D eigenvalue weighted by atomic mass is 19.3. The van der Waals surface area contributed by atoms with Gasteiger partial charge in [-0.1, -0.05) is 0 Å². The summed E-state index contributed by atoms with van der Waals surface area (Å²) in [4.78, 5) is 15.4. The molecule has 0 aliphatic heterocycles. The van der Waals surface area contributed by atoms with Gasteiger partial charge in [0.2, 0.25) is 0 Å². The highest BCUT2D eigenvalue weighted by Crippen LogP contribution is 2.32. The van der Waals surface area contributed by atoms with Crippen molar-refractivity contribution < 1.29 is 32.9 Å². The quantitative estimate of drug-likeness (QED) is 0.563. The summed E-state index contributed by atoms with van der Waals surface area (Å²) in [7, 11) is 0. The molecule has 28 heavy (non-hydrogen) atoms. The van der Waals surface area contributed by atoms with Crippen LogP contribution in [0.25, 0.3) is 5.65 Å². The fraction of sp³-hybridized carbons (Fsp3) is 0.235. The number of anilines is 1. The van der Waals surface area contributed by atoms with Crippen molar-refractivity contribution in [2.75, 3.05) is 11.9 Å². The Bertz CT molecular complexity index is 1020. The van der Waals surface area contributed by atoms with Crippen LogP contribution in [0.3, 0.4) is 0 Å². The molecule has 0 spiro atoms. The number of ether oxygens (including phenoxy) is 1. The first-order valence-corrected chi connectivity index (χ1v) is 8.01. The monoisotopic (exact) mass is 396 g/mol. The Hall–Kier alpha value is -3.34. The van der Waals surface area contributed by atoms with E-state index < -0.39 is 30.5 Å². The number of alkyl halides is 2. The van der Waals surface area contributed by atoms with Crippen molar-refractivity contribution in [2.24, 2.45) is 0 Å². The van der Waals surface area contributed by atoms with Crippen LogP contribution in [-0.4, -0.2) is 43.5 Å². The van der Waals surface area contributed by atoms with Crippen LogP contribution >= 0.6 is 0 Å². The van der Waals surface area contributed by atoms with Crippen LogP contribution in [0.4, 0.5) is 19.0 Å². The number of halogens is 3. The molecule has 0 aliphatic carbocycles. The lowest BCUT2D eigenvalue weighted by Crippen LogP contribution is -2.30. The van der Waals surface area contributed by atoms with Gasteiger partial charge in [-0.2, -0.15) is 13.9 Å². The van der Waals surface area contributed by atoms with E-state index in [2.05, 4.69) is 20.1 Å². The molecule has 1 atom stereocenters. The van der Waals surface area contributed by atoms with E-state index in [-0.39, 0.29) is 28.3 Å². The number of nitrogens with one attached hydrogen (secondary N) is 1. The van der Waals surface area contributed by atoms with E-state index in [0.29, 0.717) is 0 Å². The van der Waals surface area contributed by atoms with Crippen molar-refractivity contribution >= 4 is 17.4 Å². The molecule has 3 aromatic rings. The number of aliphatic hydroxyl groups is 1. The van der Waals surface area contributed by atoms with Crippen LogP contribution in [0, 0.1) is 5.82 Å². The van der Waals surface area contributed by atoms with Gasteiger partial charge in [0.1, 0.15) is 29.6 Å². The number of rotatable bonds is 7. The summed E-state index contributed by atoms with van der Waals surface area (Å²) in [5, 5.41) is 24.6. The number of carboxylic acids is 1. The van der Waals surface area contributed by atoms with Crippen molar-refractivity contribution in [3.63, 3.8) is 0 Å². The number of carboxylic acid groups (broad SMARTS) is 1. The largest absolute Gasteiger partial charge is 0.477 e. The minimum absolute atomic E-state index is 0.0572. The van der Waals surface area contributed by atoms with E-state index in [9.17, 15) is 18.0 Å². The molecule has 0 radical (unpaired) electrons. The van der Waals surface area contributed by atoms with Gasteiger partial charge >= 0.3 is 12.1 Å². The Balaban J connectivity index is 1.91. The summed E-state index contributed by atoms with van der Waals surface area (Å²) in [6.07, 6.45) is -1.22. The average Bonchev–Trinajstić information content (AvgIpc) is 3.06. The third-order valence-corrected chi connectivity index (χ3v) is 3.85. The Kier molecular flexibility index (Phi) is 5.10. The minimum atomic E-state index is -3.84. The molecule has 0 saturated carbocycles. The van der Waals surface area contributed by atoms with E-state index >= 15 is 0 Å². The molecule has 1 aromatic carbocycles. The first kappa shape index (κ1) is 19.4. The maximum atomic E-state index is 13.7. The Morgan fingerprint density at radius 2 is 2.14 bits per heavy atom. The van der Waals surface area contributed by atoms with Gasteiger partial charge in [-0.25, -0.2) is 18.7 Å². The average molecular weight is 396 g/mol. The number of aromatic carboxylic acids is 1. The Labute approximate surface area is 156 Å². The lowest BCUT2D eigenvalue weighted by molar-refractivity contribution is -0.201. The van der Waals surface area contributed by atoms with Crippen LogP contribution < -0.4 is 10.1 Å². The van der Waals surface area contributed by atoms with Crippen molar-refractivity contribution in [2.45, 2.75) is 19.1 Å². The molecule has 0 fully saturated rings. The first-order chi connectivity index (χ1) is 13.2. The standard InChI is InChI=1S/C17H15F3N4O4/c1-9(11-6-10(18)2-3-13(11)28-17(19,20)8-25)22-14-4-5-24-15(23-14)12(7-21-24)16(26)27/h2-7,9,25H,8H2,1H3,(H,22,23)(H,26,27)/t9-/m1/s1. The number of hydrogen-bond acceptors (Lipinski definition) is 6. The number of benzene rings is 1. The van der Waals surface area contributed by atoms with Gasteiger partial charge in [0.15, 0.2) is 5.65 Å². The molecule has 0 unspecified atom stereocenters. The molecule has 0 aliphatic rings. The highest BCUT2D eigenvalue weighted by Gasteiger charge is 2.32. The van der Waals surface area contributed by atoms with Crippen molar-refractivity contribution in [1.82, 2.24) is 14.6 Å². The molecule has 11 heteroatoms. The highest BCUT2D eigenvalue weighted by molar-refractivity contribution is 5.94. The van der Waals surface area contributed by atoms with Crippen LogP contribution in [0.2, 0.25) is 0 Å². The number of aromatic nitrogens is 3. The van der Waals surface area contributed by atoms with E-state index in [0.717, 1.165) is 24.4 Å². The van der Waals surface area contributed by atoms with Crippen LogP contribution in [0.15, 0.2) is 36.7 Å². The zero-order chi connectivity index (χ0) is 20.5. The predicted molar refractivity (Wildman–Crippen MR) is 91.0 cm³/mol. The number of carbonyl (C=O) groups is 1. The van der Waals surface area contributed by atoms with E-state index in [1.54, 1.807) is 6.92 Å². The second-order valence-electron chi connectivity index (χ2n) is 5.89. The van der Waals surface area contributed by atoms with Gasteiger partial charge in [0.05, 0.1) is 12.2 Å². The normalized spacial score (nSPS) is 12.8. The van der Waals surface area contributed by atoms with Crippen LogP contribution in [0.1, 0.15) is 28.9 Å². The maximum Gasteiger partial charge on any atom is 0.421 e. The van der Waals surface area contributed by atoms with Gasteiger partial charge in [-0.15, -0.1) is 0 Å². The predicted octanol–water partition coefficient (Wildman–Crippen LogP) is 2.70. The lowest BCUT2D eigenvalue weighted by Gasteiger charge is -2.22. The van der Waals surface area contributed by atoms with Gasteiger partial charge in [0, 0.05) is 11.8 Å². The minimum Gasteiger partial charge on any atom is -0.477 e. The van der Waals surface area contributed by atoms with E-state index in [1.165, 1.54) is 16.8 Å². The van der Waals surface area contributed by atoms with Gasteiger partial charge in [0.25, 0.3) is 0 Å². The number of hydrogen-bond donors (Lipinski definition) is 3. The molecule has 3 N–H and O–H groups in total. The fourth-order valence-electron chi connectivity index (χ4n) is 2.54. The zero-order valence-electron chi connectivity index (χ0n) is 14.4. The summed E-state index contributed by atoms with van der Waals surface area (Å²) < 4.78 is 46.2. The van der Waals surface area contributed by atoms with Crippen molar-refractivity contribution in [3.05, 3.63) is 53.6 Å². The molecular formula is C17H15F3N4O4. The van der Waals surface area contributed by atoms with Crippen LogP contribution in [-0.2, 0) is 0 Å².